The Labute approximate surface area is 136 Å². The molecule has 5 heteroatoms. The average Bonchev–Trinajstić information content (AvgIpc) is 2.98. The molecule has 0 bridgehead atoms. The van der Waals surface area contributed by atoms with Gasteiger partial charge in [-0.2, -0.15) is 0 Å². The Bertz CT molecular complexity index is 504. The Morgan fingerprint density at radius 3 is 2.73 bits per heavy atom. The van der Waals surface area contributed by atoms with E-state index in [9.17, 15) is 0 Å². The Hall–Kier alpha value is -1.36. The number of benzene rings is 1. The number of ether oxygens (including phenoxy) is 2. The zero-order chi connectivity index (χ0) is 15.2. The number of hydrogen-bond donors (Lipinski definition) is 1. The van der Waals surface area contributed by atoms with Gasteiger partial charge in [0.2, 0.25) is 0 Å². The predicted molar refractivity (Wildman–Crippen MR) is 92.2 cm³/mol. The summed E-state index contributed by atoms with van der Waals surface area (Å²) in [5.41, 5.74) is 0. The molecule has 2 aliphatic rings. The van der Waals surface area contributed by atoms with Crippen LogP contribution in [0.1, 0.15) is 32.1 Å². The Balaban J connectivity index is 1.32. The van der Waals surface area contributed by atoms with Gasteiger partial charge in [-0.05, 0) is 43.5 Å². The van der Waals surface area contributed by atoms with E-state index in [1.54, 1.807) is 7.11 Å². The van der Waals surface area contributed by atoms with Crippen molar-refractivity contribution >= 4 is 16.9 Å². The summed E-state index contributed by atoms with van der Waals surface area (Å²) in [4.78, 5) is 4.80. The highest BCUT2D eigenvalue weighted by atomic mass is 32.2. The Morgan fingerprint density at radius 1 is 1.18 bits per heavy atom. The van der Waals surface area contributed by atoms with Gasteiger partial charge in [0.05, 0.1) is 25.8 Å². The van der Waals surface area contributed by atoms with Crippen LogP contribution < -0.4 is 14.8 Å². The minimum Gasteiger partial charge on any atom is -0.497 e. The number of thioether (sulfide) groups is 1. The van der Waals surface area contributed by atoms with Gasteiger partial charge < -0.3 is 14.8 Å². The minimum absolute atomic E-state index is 0.534. The fraction of sp³-hybridized carbons (Fsp3) is 0.588. The summed E-state index contributed by atoms with van der Waals surface area (Å²) in [7, 11) is 1.67. The maximum Gasteiger partial charge on any atom is 0.157 e. The fourth-order valence-electron chi connectivity index (χ4n) is 2.95. The summed E-state index contributed by atoms with van der Waals surface area (Å²) in [5.74, 6) is 2.80. The van der Waals surface area contributed by atoms with E-state index in [-0.39, 0.29) is 0 Å². The molecule has 1 saturated carbocycles. The molecular weight excluding hydrogens is 296 g/mol. The first-order valence-corrected chi connectivity index (χ1v) is 9.08. The van der Waals surface area contributed by atoms with E-state index in [1.165, 1.54) is 25.7 Å². The summed E-state index contributed by atoms with van der Waals surface area (Å²) in [5, 5.41) is 4.71. The van der Waals surface area contributed by atoms with Crippen LogP contribution in [0.4, 0.5) is 0 Å². The zero-order valence-electron chi connectivity index (χ0n) is 13.1. The van der Waals surface area contributed by atoms with Gasteiger partial charge in [-0.15, -0.1) is 0 Å². The van der Waals surface area contributed by atoms with Crippen molar-refractivity contribution in [3.63, 3.8) is 0 Å². The van der Waals surface area contributed by atoms with Crippen molar-refractivity contribution in [2.45, 2.75) is 44.2 Å². The molecule has 1 aliphatic carbocycles. The molecule has 2 atom stereocenters. The molecule has 1 fully saturated rings. The largest absolute Gasteiger partial charge is 0.497 e. The van der Waals surface area contributed by atoms with E-state index in [1.807, 2.05) is 36.0 Å². The molecule has 1 N–H and O–H groups in total. The van der Waals surface area contributed by atoms with Gasteiger partial charge in [-0.25, -0.2) is 0 Å². The first-order chi connectivity index (χ1) is 10.8. The van der Waals surface area contributed by atoms with E-state index >= 15 is 0 Å². The Kier molecular flexibility index (Phi) is 5.48. The van der Waals surface area contributed by atoms with Crippen LogP contribution in [-0.4, -0.2) is 36.7 Å². The van der Waals surface area contributed by atoms with Crippen molar-refractivity contribution in [3.05, 3.63) is 24.3 Å². The van der Waals surface area contributed by atoms with Crippen molar-refractivity contribution in [2.75, 3.05) is 19.5 Å². The van der Waals surface area contributed by atoms with Crippen molar-refractivity contribution in [1.82, 2.24) is 5.32 Å². The first-order valence-electron chi connectivity index (χ1n) is 8.09. The third-order valence-corrected chi connectivity index (χ3v) is 5.17. The molecule has 1 aromatic rings. The van der Waals surface area contributed by atoms with Crippen LogP contribution in [0.15, 0.2) is 29.3 Å². The topological polar surface area (TPSA) is 42.9 Å². The molecule has 1 aromatic carbocycles. The van der Waals surface area contributed by atoms with Gasteiger partial charge in [-0.1, -0.05) is 24.6 Å². The summed E-state index contributed by atoms with van der Waals surface area (Å²) in [6.07, 6.45) is 6.23. The van der Waals surface area contributed by atoms with Crippen molar-refractivity contribution < 1.29 is 9.47 Å². The molecule has 4 nitrogen and oxygen atoms in total. The van der Waals surface area contributed by atoms with Crippen LogP contribution >= 0.6 is 11.8 Å². The maximum absolute atomic E-state index is 5.74. The molecule has 3 rings (SSSR count). The molecule has 0 spiro atoms. The van der Waals surface area contributed by atoms with Crippen molar-refractivity contribution in [3.8, 4) is 11.5 Å². The van der Waals surface area contributed by atoms with Gasteiger partial charge in [-0.3, -0.25) is 4.99 Å². The second kappa shape index (κ2) is 7.77. The smallest absolute Gasteiger partial charge is 0.157 e. The van der Waals surface area contributed by atoms with E-state index in [4.69, 9.17) is 14.5 Å². The van der Waals surface area contributed by atoms with Gasteiger partial charge in [0.15, 0.2) is 5.17 Å². The molecule has 1 aliphatic heterocycles. The van der Waals surface area contributed by atoms with Crippen LogP contribution in [0, 0.1) is 0 Å². The van der Waals surface area contributed by atoms with E-state index in [0.29, 0.717) is 12.1 Å². The van der Waals surface area contributed by atoms with Gasteiger partial charge >= 0.3 is 0 Å². The lowest BCUT2D eigenvalue weighted by Crippen LogP contribution is -2.36. The minimum atomic E-state index is 0.534. The number of amidine groups is 1. The number of aliphatic imine (C=N–C) groups is 1. The lowest BCUT2D eigenvalue weighted by Gasteiger charge is -2.23. The maximum atomic E-state index is 5.74. The van der Waals surface area contributed by atoms with Crippen LogP contribution in [-0.2, 0) is 0 Å². The lowest BCUT2D eigenvalue weighted by molar-refractivity contribution is 0.318. The molecular formula is C17H24N2O2S. The molecule has 1 heterocycles. The Morgan fingerprint density at radius 2 is 1.95 bits per heavy atom. The first kappa shape index (κ1) is 15.5. The number of nitrogens with zero attached hydrogens (tertiary/aromatic N) is 1. The van der Waals surface area contributed by atoms with Crippen LogP contribution in [0.2, 0.25) is 0 Å². The molecule has 0 aromatic heterocycles. The number of nitrogens with one attached hydrogen (secondary N) is 1. The van der Waals surface area contributed by atoms with Gasteiger partial charge in [0.1, 0.15) is 11.5 Å². The summed E-state index contributed by atoms with van der Waals surface area (Å²) in [6.45, 7) is 0.736. The van der Waals surface area contributed by atoms with Crippen molar-refractivity contribution in [1.29, 1.82) is 0 Å². The third kappa shape index (κ3) is 4.09. The standard InChI is InChI=1S/C17H24N2O2S/c1-20-13-7-9-14(10-8-13)21-11-4-12-22-17-18-15-5-2-3-6-16(15)19-17/h7-10,15-16H,2-6,11-12H2,1H3,(H,18,19)/t15-,16+. The molecule has 0 unspecified atom stereocenters. The highest BCUT2D eigenvalue weighted by Crippen LogP contribution is 2.27. The van der Waals surface area contributed by atoms with E-state index in [2.05, 4.69) is 5.32 Å². The second-order valence-electron chi connectivity index (χ2n) is 5.76. The van der Waals surface area contributed by atoms with E-state index in [0.717, 1.165) is 35.4 Å². The molecule has 0 radical (unpaired) electrons. The van der Waals surface area contributed by atoms with E-state index < -0.39 is 0 Å². The number of methoxy groups -OCH3 is 1. The van der Waals surface area contributed by atoms with Crippen LogP contribution in [0.25, 0.3) is 0 Å². The normalized spacial score (nSPS) is 23.4. The molecule has 0 saturated heterocycles. The summed E-state index contributed by atoms with van der Waals surface area (Å²) < 4.78 is 10.9. The fourth-order valence-corrected chi connectivity index (χ4v) is 3.85. The predicted octanol–water partition coefficient (Wildman–Crippen LogP) is 3.47. The second-order valence-corrected chi connectivity index (χ2v) is 6.85. The summed E-state index contributed by atoms with van der Waals surface area (Å²) >= 11 is 1.83. The average molecular weight is 320 g/mol. The third-order valence-electron chi connectivity index (χ3n) is 4.18. The number of fused-ring (bicyclic) bond motifs is 1. The monoisotopic (exact) mass is 320 g/mol. The quantitative estimate of drug-likeness (QED) is 0.815. The van der Waals surface area contributed by atoms with Crippen LogP contribution in [0.3, 0.4) is 0 Å². The number of hydrogen-bond acceptors (Lipinski definition) is 5. The van der Waals surface area contributed by atoms with Crippen LogP contribution in [0.5, 0.6) is 11.5 Å². The van der Waals surface area contributed by atoms with Gasteiger partial charge in [0, 0.05) is 5.75 Å². The SMILES string of the molecule is COc1ccc(OCCCSC2=N[C@@H]3CCCC[C@@H]3N2)cc1. The summed E-state index contributed by atoms with van der Waals surface area (Å²) in [6, 6.07) is 8.86. The zero-order valence-corrected chi connectivity index (χ0v) is 13.9. The highest BCUT2D eigenvalue weighted by Gasteiger charge is 2.30. The van der Waals surface area contributed by atoms with Crippen molar-refractivity contribution in [2.24, 2.45) is 4.99 Å². The highest BCUT2D eigenvalue weighted by molar-refractivity contribution is 8.13. The molecule has 120 valence electrons. The lowest BCUT2D eigenvalue weighted by atomic mass is 9.92. The number of rotatable bonds is 6. The van der Waals surface area contributed by atoms with Gasteiger partial charge in [0.25, 0.3) is 0 Å². The molecule has 0 amide bonds. The molecule has 22 heavy (non-hydrogen) atoms.